The fourth-order valence-corrected chi connectivity index (χ4v) is 0.840. The summed E-state index contributed by atoms with van der Waals surface area (Å²) in [7, 11) is 0. The third-order valence-corrected chi connectivity index (χ3v) is 1.26. The molecule has 0 saturated heterocycles. The van der Waals surface area contributed by atoms with Gasteiger partial charge in [-0.25, -0.2) is 0 Å². The molecule has 1 rings (SSSR count). The fourth-order valence-electron chi connectivity index (χ4n) is 0.840. The average molecular weight is 166 g/mol. The highest BCUT2D eigenvalue weighted by Gasteiger charge is 2.11. The number of anilines is 1. The van der Waals surface area contributed by atoms with Gasteiger partial charge in [-0.3, -0.25) is 5.73 Å². The second-order valence-electron chi connectivity index (χ2n) is 3.27. The molecule has 1 aromatic carbocycles. The minimum atomic E-state index is -0.643. The standard InChI is InChI=1S/C9H14N2O/c1-9(2,11)12-8-5-3-7(10)4-6-8/h3-6H,10-11H2,1-2H3. The molecule has 3 nitrogen and oxygen atoms in total. The van der Waals surface area contributed by atoms with Gasteiger partial charge in [0, 0.05) is 5.69 Å². The van der Waals surface area contributed by atoms with Gasteiger partial charge in [0.05, 0.1) is 0 Å². The van der Waals surface area contributed by atoms with Crippen molar-refractivity contribution < 1.29 is 4.74 Å². The first kappa shape index (κ1) is 8.87. The lowest BCUT2D eigenvalue weighted by Crippen LogP contribution is -2.38. The van der Waals surface area contributed by atoms with Crippen LogP contribution < -0.4 is 16.2 Å². The maximum absolute atomic E-state index is 5.65. The zero-order valence-corrected chi connectivity index (χ0v) is 7.37. The molecule has 0 heterocycles. The van der Waals surface area contributed by atoms with Crippen molar-refractivity contribution in [3.63, 3.8) is 0 Å². The summed E-state index contributed by atoms with van der Waals surface area (Å²) in [5, 5.41) is 0. The van der Waals surface area contributed by atoms with E-state index in [0.29, 0.717) is 0 Å². The zero-order chi connectivity index (χ0) is 9.19. The minimum absolute atomic E-state index is 0.643. The molecule has 0 aliphatic heterocycles. The predicted molar refractivity (Wildman–Crippen MR) is 49.7 cm³/mol. The highest BCUT2D eigenvalue weighted by atomic mass is 16.5. The van der Waals surface area contributed by atoms with E-state index in [1.165, 1.54) is 0 Å². The van der Waals surface area contributed by atoms with E-state index in [0.717, 1.165) is 11.4 Å². The Hall–Kier alpha value is -1.22. The summed E-state index contributed by atoms with van der Waals surface area (Å²) in [6.07, 6.45) is 0. The number of benzene rings is 1. The summed E-state index contributed by atoms with van der Waals surface area (Å²) in [6.45, 7) is 3.59. The number of hydrogen-bond donors (Lipinski definition) is 2. The normalized spacial score (nSPS) is 11.2. The van der Waals surface area contributed by atoms with Crippen molar-refractivity contribution >= 4 is 5.69 Å². The third kappa shape index (κ3) is 2.80. The molecule has 0 fully saturated rings. The van der Waals surface area contributed by atoms with Crippen molar-refractivity contribution in [1.29, 1.82) is 0 Å². The van der Waals surface area contributed by atoms with Crippen LogP contribution in [0, 0.1) is 0 Å². The summed E-state index contributed by atoms with van der Waals surface area (Å²) < 4.78 is 5.38. The second kappa shape index (κ2) is 3.03. The number of hydrogen-bond acceptors (Lipinski definition) is 3. The van der Waals surface area contributed by atoms with E-state index in [1.807, 2.05) is 0 Å². The maximum Gasteiger partial charge on any atom is 0.152 e. The lowest BCUT2D eigenvalue weighted by molar-refractivity contribution is 0.117. The molecule has 0 aliphatic rings. The molecule has 0 spiro atoms. The molecular weight excluding hydrogens is 152 g/mol. The number of nitrogens with two attached hydrogens (primary N) is 2. The zero-order valence-electron chi connectivity index (χ0n) is 7.37. The average Bonchev–Trinajstić information content (AvgIpc) is 1.91. The molecule has 4 N–H and O–H groups in total. The first-order valence-corrected chi connectivity index (χ1v) is 3.81. The quantitative estimate of drug-likeness (QED) is 0.515. The van der Waals surface area contributed by atoms with E-state index in [9.17, 15) is 0 Å². The van der Waals surface area contributed by atoms with Crippen molar-refractivity contribution in [1.82, 2.24) is 0 Å². The molecule has 0 unspecified atom stereocenters. The van der Waals surface area contributed by atoms with Crippen LogP contribution in [0.15, 0.2) is 24.3 Å². The molecule has 0 radical (unpaired) electrons. The molecule has 0 amide bonds. The highest BCUT2D eigenvalue weighted by Crippen LogP contribution is 2.16. The lowest BCUT2D eigenvalue weighted by atomic mass is 10.3. The maximum atomic E-state index is 5.65. The Morgan fingerprint density at radius 1 is 1.17 bits per heavy atom. The van der Waals surface area contributed by atoms with Gasteiger partial charge in [-0.05, 0) is 38.1 Å². The Kier molecular flexibility index (Phi) is 2.24. The summed E-state index contributed by atoms with van der Waals surface area (Å²) in [4.78, 5) is 0. The van der Waals surface area contributed by atoms with Gasteiger partial charge in [0.1, 0.15) is 5.75 Å². The van der Waals surface area contributed by atoms with Crippen LogP contribution in [0.5, 0.6) is 5.75 Å². The molecular formula is C9H14N2O. The number of rotatable bonds is 2. The highest BCUT2D eigenvalue weighted by molar-refractivity contribution is 5.41. The van der Waals surface area contributed by atoms with Crippen LogP contribution in [0.1, 0.15) is 13.8 Å². The van der Waals surface area contributed by atoms with E-state index >= 15 is 0 Å². The Labute approximate surface area is 72.3 Å². The summed E-state index contributed by atoms with van der Waals surface area (Å²) in [5.74, 6) is 0.733. The van der Waals surface area contributed by atoms with Crippen LogP contribution in [0.2, 0.25) is 0 Å². The van der Waals surface area contributed by atoms with Crippen molar-refractivity contribution in [2.75, 3.05) is 5.73 Å². The molecule has 1 aromatic rings. The van der Waals surface area contributed by atoms with Crippen molar-refractivity contribution in [3.8, 4) is 5.75 Å². The SMILES string of the molecule is CC(C)(N)Oc1ccc(N)cc1. The molecule has 0 aliphatic carbocycles. The van der Waals surface area contributed by atoms with Crippen molar-refractivity contribution in [2.45, 2.75) is 19.6 Å². The number of nitrogen functional groups attached to an aromatic ring is 1. The predicted octanol–water partition coefficient (Wildman–Crippen LogP) is 1.34. The Morgan fingerprint density at radius 3 is 2.08 bits per heavy atom. The van der Waals surface area contributed by atoms with Crippen LogP contribution >= 0.6 is 0 Å². The van der Waals surface area contributed by atoms with Crippen LogP contribution in [0.25, 0.3) is 0 Å². The molecule has 0 bridgehead atoms. The van der Waals surface area contributed by atoms with Gasteiger partial charge in [-0.2, -0.15) is 0 Å². The molecule has 0 saturated carbocycles. The summed E-state index contributed by atoms with van der Waals surface area (Å²) in [6, 6.07) is 7.15. The van der Waals surface area contributed by atoms with Gasteiger partial charge in [0.15, 0.2) is 5.72 Å². The molecule has 3 heteroatoms. The Morgan fingerprint density at radius 2 is 1.67 bits per heavy atom. The molecule has 12 heavy (non-hydrogen) atoms. The largest absolute Gasteiger partial charge is 0.474 e. The molecule has 0 aromatic heterocycles. The first-order valence-electron chi connectivity index (χ1n) is 3.81. The number of ether oxygens (including phenoxy) is 1. The van der Waals surface area contributed by atoms with E-state index < -0.39 is 5.72 Å². The van der Waals surface area contributed by atoms with E-state index in [4.69, 9.17) is 16.2 Å². The van der Waals surface area contributed by atoms with Gasteiger partial charge >= 0.3 is 0 Å². The van der Waals surface area contributed by atoms with Gasteiger partial charge < -0.3 is 10.5 Å². The van der Waals surface area contributed by atoms with Gasteiger partial charge in [-0.15, -0.1) is 0 Å². The Balaban J connectivity index is 2.71. The van der Waals surface area contributed by atoms with Crippen molar-refractivity contribution in [3.05, 3.63) is 24.3 Å². The fraction of sp³-hybridized carbons (Fsp3) is 0.333. The monoisotopic (exact) mass is 166 g/mol. The van der Waals surface area contributed by atoms with Crippen LogP contribution in [0.4, 0.5) is 5.69 Å². The van der Waals surface area contributed by atoms with E-state index in [-0.39, 0.29) is 0 Å². The van der Waals surface area contributed by atoms with Crippen molar-refractivity contribution in [2.24, 2.45) is 5.73 Å². The van der Waals surface area contributed by atoms with Gasteiger partial charge in [-0.1, -0.05) is 0 Å². The van der Waals surface area contributed by atoms with Gasteiger partial charge in [0.2, 0.25) is 0 Å². The Bertz CT molecular complexity index is 248. The second-order valence-corrected chi connectivity index (χ2v) is 3.27. The summed E-state index contributed by atoms with van der Waals surface area (Å²) in [5.41, 5.74) is 11.2. The first-order chi connectivity index (χ1) is 5.47. The summed E-state index contributed by atoms with van der Waals surface area (Å²) >= 11 is 0. The van der Waals surface area contributed by atoms with Gasteiger partial charge in [0.25, 0.3) is 0 Å². The molecule has 66 valence electrons. The van der Waals surface area contributed by atoms with E-state index in [2.05, 4.69) is 0 Å². The smallest absolute Gasteiger partial charge is 0.152 e. The van der Waals surface area contributed by atoms with Crippen LogP contribution in [-0.2, 0) is 0 Å². The van der Waals surface area contributed by atoms with E-state index in [1.54, 1.807) is 38.1 Å². The minimum Gasteiger partial charge on any atom is -0.474 e. The molecule has 0 atom stereocenters. The lowest BCUT2D eigenvalue weighted by Gasteiger charge is -2.20. The topological polar surface area (TPSA) is 61.3 Å². The van der Waals surface area contributed by atoms with Crippen LogP contribution in [-0.4, -0.2) is 5.72 Å². The van der Waals surface area contributed by atoms with Crippen LogP contribution in [0.3, 0.4) is 0 Å². The third-order valence-electron chi connectivity index (χ3n) is 1.26.